The first-order valence-corrected chi connectivity index (χ1v) is 5.73. The van der Waals surface area contributed by atoms with Crippen LogP contribution in [-0.4, -0.2) is 24.2 Å². The number of hydrazine groups is 1. The Hall–Kier alpha value is -1.58. The van der Waals surface area contributed by atoms with Gasteiger partial charge in [0.05, 0.1) is 0 Å². The summed E-state index contributed by atoms with van der Waals surface area (Å²) in [5.74, 6) is 0.366. The molecule has 1 atom stereocenters. The number of rotatable bonds is 3. The number of fused-ring (bicyclic) bond motifs is 1. The molecule has 2 N–H and O–H groups in total. The number of phenols is 1. The summed E-state index contributed by atoms with van der Waals surface area (Å²) in [7, 11) is 3.88. The highest BCUT2D eigenvalue weighted by Crippen LogP contribution is 2.32. The summed E-state index contributed by atoms with van der Waals surface area (Å²) >= 11 is 0. The zero-order valence-electron chi connectivity index (χ0n) is 10.4. The number of nitrogens with one attached hydrogen (secondary N) is 1. The monoisotopic (exact) mass is 230 g/mol. The first kappa shape index (κ1) is 11.9. The second-order valence-electron chi connectivity index (χ2n) is 4.47. The number of aromatic hydroxyl groups is 1. The third-order valence-electron chi connectivity index (χ3n) is 2.85. The Morgan fingerprint density at radius 3 is 2.53 bits per heavy atom. The van der Waals surface area contributed by atoms with Gasteiger partial charge in [0.2, 0.25) is 0 Å². The van der Waals surface area contributed by atoms with E-state index >= 15 is 0 Å². The maximum atomic E-state index is 10.3. The normalized spacial score (nSPS) is 13.2. The highest BCUT2D eigenvalue weighted by Gasteiger charge is 2.12. The van der Waals surface area contributed by atoms with Crippen molar-refractivity contribution in [1.82, 2.24) is 10.4 Å². The van der Waals surface area contributed by atoms with Crippen LogP contribution in [-0.2, 0) is 0 Å². The van der Waals surface area contributed by atoms with E-state index in [1.807, 2.05) is 62.4 Å². The molecule has 0 aromatic heterocycles. The molecule has 3 nitrogen and oxygen atoms in total. The van der Waals surface area contributed by atoms with E-state index in [4.69, 9.17) is 0 Å². The van der Waals surface area contributed by atoms with Crippen molar-refractivity contribution in [3.05, 3.63) is 42.0 Å². The van der Waals surface area contributed by atoms with E-state index in [9.17, 15) is 5.11 Å². The average Bonchev–Trinajstić information content (AvgIpc) is 2.28. The lowest BCUT2D eigenvalue weighted by Crippen LogP contribution is -2.32. The predicted molar refractivity (Wildman–Crippen MR) is 70.9 cm³/mol. The topological polar surface area (TPSA) is 35.5 Å². The summed E-state index contributed by atoms with van der Waals surface area (Å²) in [6.45, 7) is 2.03. The minimum absolute atomic E-state index is 0.0783. The lowest BCUT2D eigenvalue weighted by molar-refractivity contribution is 0.249. The molecule has 0 aliphatic carbocycles. The molecule has 0 aliphatic rings. The summed E-state index contributed by atoms with van der Waals surface area (Å²) in [6, 6.07) is 11.9. The van der Waals surface area contributed by atoms with Crippen LogP contribution in [0.15, 0.2) is 36.4 Å². The summed E-state index contributed by atoms with van der Waals surface area (Å²) in [5, 5.41) is 14.1. The second kappa shape index (κ2) is 4.73. The fourth-order valence-corrected chi connectivity index (χ4v) is 2.08. The maximum absolute atomic E-state index is 10.3. The SMILES string of the molecule is CC(NN(C)C)c1ccc2ccccc2c1O. The van der Waals surface area contributed by atoms with E-state index in [0.29, 0.717) is 5.75 Å². The predicted octanol–water partition coefficient (Wildman–Crippen LogP) is 2.67. The number of phenolic OH excluding ortho intramolecular Hbond substituents is 1. The zero-order chi connectivity index (χ0) is 12.4. The largest absolute Gasteiger partial charge is 0.507 e. The molecule has 2 aromatic rings. The molecule has 17 heavy (non-hydrogen) atoms. The lowest BCUT2D eigenvalue weighted by atomic mass is 10.0. The van der Waals surface area contributed by atoms with E-state index in [1.54, 1.807) is 0 Å². The molecule has 0 heterocycles. The molecular formula is C14H18N2O. The van der Waals surface area contributed by atoms with Crippen molar-refractivity contribution in [3.63, 3.8) is 0 Å². The van der Waals surface area contributed by atoms with Gasteiger partial charge in [-0.2, -0.15) is 0 Å². The first-order chi connectivity index (χ1) is 8.09. The van der Waals surface area contributed by atoms with E-state index in [0.717, 1.165) is 16.3 Å². The molecule has 3 heteroatoms. The molecule has 2 rings (SSSR count). The molecule has 2 aromatic carbocycles. The Kier molecular flexibility index (Phi) is 3.31. The Bertz CT molecular complexity index is 523. The lowest BCUT2D eigenvalue weighted by Gasteiger charge is -2.21. The van der Waals surface area contributed by atoms with Crippen molar-refractivity contribution in [1.29, 1.82) is 0 Å². The zero-order valence-corrected chi connectivity index (χ0v) is 10.4. The maximum Gasteiger partial charge on any atom is 0.128 e. The third-order valence-corrected chi connectivity index (χ3v) is 2.85. The molecule has 0 fully saturated rings. The minimum Gasteiger partial charge on any atom is -0.507 e. The van der Waals surface area contributed by atoms with Crippen molar-refractivity contribution >= 4 is 10.8 Å². The Morgan fingerprint density at radius 2 is 1.82 bits per heavy atom. The molecule has 0 saturated carbocycles. The van der Waals surface area contributed by atoms with Gasteiger partial charge >= 0.3 is 0 Å². The summed E-state index contributed by atoms with van der Waals surface area (Å²) in [6.07, 6.45) is 0. The highest BCUT2D eigenvalue weighted by atomic mass is 16.3. The van der Waals surface area contributed by atoms with E-state index in [-0.39, 0.29) is 6.04 Å². The first-order valence-electron chi connectivity index (χ1n) is 5.73. The molecule has 1 unspecified atom stereocenters. The van der Waals surface area contributed by atoms with Gasteiger partial charge in [0, 0.05) is 31.1 Å². The average molecular weight is 230 g/mol. The molecule has 0 aliphatic heterocycles. The van der Waals surface area contributed by atoms with Crippen LogP contribution in [0.1, 0.15) is 18.5 Å². The van der Waals surface area contributed by atoms with Crippen LogP contribution in [0.4, 0.5) is 0 Å². The van der Waals surface area contributed by atoms with Gasteiger partial charge < -0.3 is 5.11 Å². The molecule has 0 saturated heterocycles. The third kappa shape index (κ3) is 2.40. The fraction of sp³-hybridized carbons (Fsp3) is 0.286. The van der Waals surface area contributed by atoms with Crippen molar-refractivity contribution in [2.24, 2.45) is 0 Å². The van der Waals surface area contributed by atoms with Gasteiger partial charge in [0.15, 0.2) is 0 Å². The number of hydrogen-bond donors (Lipinski definition) is 2. The van der Waals surface area contributed by atoms with Crippen molar-refractivity contribution in [3.8, 4) is 5.75 Å². The van der Waals surface area contributed by atoms with Gasteiger partial charge in [0.25, 0.3) is 0 Å². The van der Waals surface area contributed by atoms with Crippen molar-refractivity contribution < 1.29 is 5.11 Å². The smallest absolute Gasteiger partial charge is 0.128 e. The Labute approximate surface area is 102 Å². The number of benzene rings is 2. The molecule has 0 amide bonds. The van der Waals surface area contributed by atoms with E-state index < -0.39 is 0 Å². The summed E-state index contributed by atoms with van der Waals surface area (Å²) in [4.78, 5) is 0. The number of nitrogens with zero attached hydrogens (tertiary/aromatic N) is 1. The molecule has 0 bridgehead atoms. The van der Waals surface area contributed by atoms with E-state index in [2.05, 4.69) is 5.43 Å². The quantitative estimate of drug-likeness (QED) is 0.796. The summed E-state index contributed by atoms with van der Waals surface area (Å²) in [5.41, 5.74) is 4.15. The van der Waals surface area contributed by atoms with Gasteiger partial charge in [0.1, 0.15) is 5.75 Å². The second-order valence-corrected chi connectivity index (χ2v) is 4.47. The van der Waals surface area contributed by atoms with Crippen LogP contribution in [0.5, 0.6) is 5.75 Å². The van der Waals surface area contributed by atoms with Gasteiger partial charge in [-0.15, -0.1) is 0 Å². The Balaban J connectivity index is 2.45. The van der Waals surface area contributed by atoms with Crippen LogP contribution in [0.25, 0.3) is 10.8 Å². The molecule has 0 spiro atoms. The van der Waals surface area contributed by atoms with Crippen LogP contribution >= 0.6 is 0 Å². The van der Waals surface area contributed by atoms with Gasteiger partial charge in [-0.3, -0.25) is 5.01 Å². The van der Waals surface area contributed by atoms with Gasteiger partial charge in [-0.25, -0.2) is 5.43 Å². The minimum atomic E-state index is 0.0783. The van der Waals surface area contributed by atoms with Crippen LogP contribution in [0.3, 0.4) is 0 Å². The van der Waals surface area contributed by atoms with Gasteiger partial charge in [-0.05, 0) is 12.3 Å². The molecule has 90 valence electrons. The molecular weight excluding hydrogens is 212 g/mol. The van der Waals surface area contributed by atoms with Crippen LogP contribution in [0, 0.1) is 0 Å². The Morgan fingerprint density at radius 1 is 1.12 bits per heavy atom. The summed E-state index contributed by atoms with van der Waals surface area (Å²) < 4.78 is 0. The van der Waals surface area contributed by atoms with Crippen LogP contribution in [0.2, 0.25) is 0 Å². The fourth-order valence-electron chi connectivity index (χ4n) is 2.08. The van der Waals surface area contributed by atoms with Crippen molar-refractivity contribution in [2.75, 3.05) is 14.1 Å². The van der Waals surface area contributed by atoms with Crippen molar-refractivity contribution in [2.45, 2.75) is 13.0 Å². The molecule has 0 radical (unpaired) electrons. The van der Waals surface area contributed by atoms with E-state index in [1.165, 1.54) is 0 Å². The standard InChI is InChI=1S/C14H18N2O/c1-10(15-16(2)3)12-9-8-11-6-4-5-7-13(11)14(12)17/h4-10,15,17H,1-3H3. The highest BCUT2D eigenvalue weighted by molar-refractivity contribution is 5.89. The van der Waals surface area contributed by atoms with Crippen LogP contribution < -0.4 is 5.43 Å². The van der Waals surface area contributed by atoms with Gasteiger partial charge in [-0.1, -0.05) is 36.4 Å². The number of hydrogen-bond acceptors (Lipinski definition) is 3.